The van der Waals surface area contributed by atoms with E-state index in [0.717, 1.165) is 25.6 Å². The van der Waals surface area contributed by atoms with Gasteiger partial charge in [0.1, 0.15) is 0 Å². The molecule has 0 atom stereocenters. The Hall–Kier alpha value is -1.02. The van der Waals surface area contributed by atoms with Gasteiger partial charge in [-0.15, -0.1) is 0 Å². The molecule has 1 N–H and O–H groups in total. The van der Waals surface area contributed by atoms with Crippen LogP contribution >= 0.6 is 0 Å². The Morgan fingerprint density at radius 1 is 1.29 bits per heavy atom. The molecule has 0 aromatic heterocycles. The smallest absolute Gasteiger partial charge is 0.0412 e. The third kappa shape index (κ3) is 3.47. The minimum Gasteiger partial charge on any atom is -0.370 e. The molecule has 1 aliphatic rings. The number of hydrogen-bond donors (Lipinski definition) is 1. The average molecular weight is 232 g/mol. The summed E-state index contributed by atoms with van der Waals surface area (Å²) in [4.78, 5) is 2.54. The lowest BCUT2D eigenvalue weighted by Gasteiger charge is -2.24. The second-order valence-corrected chi connectivity index (χ2v) is 5.33. The number of nitrogens with one attached hydrogen (secondary N) is 1. The highest BCUT2D eigenvalue weighted by molar-refractivity contribution is 5.54. The van der Waals surface area contributed by atoms with Gasteiger partial charge in [-0.25, -0.2) is 0 Å². The number of para-hydroxylation sites is 1. The number of hydrogen-bond acceptors (Lipinski definition) is 2. The van der Waals surface area contributed by atoms with E-state index in [9.17, 15) is 0 Å². The minimum absolute atomic E-state index is 0.815. The van der Waals surface area contributed by atoms with Crippen molar-refractivity contribution in [2.45, 2.75) is 33.2 Å². The molecular weight excluding hydrogens is 208 g/mol. The standard InChI is InChI=1S/C15H24N2/c1-13(2)6-5-10-17-11-9-16-12-14-7-3-4-8-15(14)17/h3-4,7-8,13,16H,5-6,9-12H2,1-2H3. The molecule has 1 heterocycles. The summed E-state index contributed by atoms with van der Waals surface area (Å²) in [6.45, 7) is 9.04. The highest BCUT2D eigenvalue weighted by atomic mass is 15.2. The Balaban J connectivity index is 2.01. The molecule has 2 heteroatoms. The molecule has 0 bridgehead atoms. The molecule has 0 saturated carbocycles. The zero-order chi connectivity index (χ0) is 12.1. The lowest BCUT2D eigenvalue weighted by Crippen LogP contribution is -2.29. The Morgan fingerprint density at radius 3 is 2.94 bits per heavy atom. The van der Waals surface area contributed by atoms with E-state index in [-0.39, 0.29) is 0 Å². The largest absolute Gasteiger partial charge is 0.370 e. The van der Waals surface area contributed by atoms with Crippen molar-refractivity contribution >= 4 is 5.69 Å². The predicted molar refractivity (Wildman–Crippen MR) is 74.4 cm³/mol. The van der Waals surface area contributed by atoms with Crippen molar-refractivity contribution in [3.63, 3.8) is 0 Å². The van der Waals surface area contributed by atoms with Gasteiger partial charge in [-0.1, -0.05) is 32.0 Å². The van der Waals surface area contributed by atoms with E-state index >= 15 is 0 Å². The van der Waals surface area contributed by atoms with E-state index in [1.54, 1.807) is 0 Å². The van der Waals surface area contributed by atoms with Gasteiger partial charge in [0.15, 0.2) is 0 Å². The zero-order valence-corrected chi connectivity index (χ0v) is 11.1. The maximum absolute atomic E-state index is 3.49. The number of fused-ring (bicyclic) bond motifs is 1. The topological polar surface area (TPSA) is 15.3 Å². The molecule has 2 nitrogen and oxygen atoms in total. The van der Waals surface area contributed by atoms with E-state index in [0.29, 0.717) is 0 Å². The number of benzene rings is 1. The van der Waals surface area contributed by atoms with Crippen LogP contribution in [0.25, 0.3) is 0 Å². The Labute approximate surface area is 105 Å². The van der Waals surface area contributed by atoms with Crippen molar-refractivity contribution in [1.82, 2.24) is 5.32 Å². The van der Waals surface area contributed by atoms with Gasteiger partial charge < -0.3 is 10.2 Å². The molecule has 94 valence electrons. The molecular formula is C15H24N2. The summed E-state index contributed by atoms with van der Waals surface area (Å²) < 4.78 is 0. The predicted octanol–water partition coefficient (Wildman–Crippen LogP) is 3.03. The first-order valence-electron chi connectivity index (χ1n) is 6.81. The van der Waals surface area contributed by atoms with Crippen LogP contribution in [-0.2, 0) is 6.54 Å². The van der Waals surface area contributed by atoms with Crippen molar-refractivity contribution in [3.8, 4) is 0 Å². The van der Waals surface area contributed by atoms with Crippen LogP contribution < -0.4 is 10.2 Å². The van der Waals surface area contributed by atoms with Gasteiger partial charge in [0.2, 0.25) is 0 Å². The van der Waals surface area contributed by atoms with Gasteiger partial charge in [0.25, 0.3) is 0 Å². The van der Waals surface area contributed by atoms with E-state index in [1.165, 1.54) is 30.6 Å². The lowest BCUT2D eigenvalue weighted by atomic mass is 10.1. The summed E-state index contributed by atoms with van der Waals surface area (Å²) in [6, 6.07) is 8.79. The fraction of sp³-hybridized carbons (Fsp3) is 0.600. The Bertz CT molecular complexity index is 347. The van der Waals surface area contributed by atoms with Crippen LogP contribution in [0.4, 0.5) is 5.69 Å². The van der Waals surface area contributed by atoms with E-state index in [1.807, 2.05) is 0 Å². The fourth-order valence-corrected chi connectivity index (χ4v) is 2.45. The summed E-state index contributed by atoms with van der Waals surface area (Å²) in [6.07, 6.45) is 2.62. The van der Waals surface area contributed by atoms with Gasteiger partial charge in [-0.2, -0.15) is 0 Å². The van der Waals surface area contributed by atoms with Gasteiger partial charge in [0.05, 0.1) is 0 Å². The molecule has 0 aliphatic carbocycles. The molecule has 1 aliphatic heterocycles. The average Bonchev–Trinajstić information content (AvgIpc) is 2.52. The van der Waals surface area contributed by atoms with Crippen LogP contribution in [0.15, 0.2) is 24.3 Å². The molecule has 0 radical (unpaired) electrons. The molecule has 0 fully saturated rings. The van der Waals surface area contributed by atoms with Gasteiger partial charge in [-0.05, 0) is 30.4 Å². The quantitative estimate of drug-likeness (QED) is 0.858. The highest BCUT2D eigenvalue weighted by Gasteiger charge is 2.13. The van der Waals surface area contributed by atoms with Crippen LogP contribution in [0.2, 0.25) is 0 Å². The molecule has 0 saturated heterocycles. The molecule has 17 heavy (non-hydrogen) atoms. The molecule has 0 spiro atoms. The lowest BCUT2D eigenvalue weighted by molar-refractivity contribution is 0.548. The minimum atomic E-state index is 0.815. The monoisotopic (exact) mass is 232 g/mol. The van der Waals surface area contributed by atoms with E-state index in [4.69, 9.17) is 0 Å². The summed E-state index contributed by atoms with van der Waals surface area (Å²) >= 11 is 0. The van der Waals surface area contributed by atoms with Crippen molar-refractivity contribution < 1.29 is 0 Å². The van der Waals surface area contributed by atoms with Crippen LogP contribution in [0.1, 0.15) is 32.3 Å². The maximum atomic E-state index is 3.49. The SMILES string of the molecule is CC(C)CCCN1CCNCc2ccccc21. The van der Waals surface area contributed by atoms with Crippen LogP contribution in [0.3, 0.4) is 0 Å². The van der Waals surface area contributed by atoms with Crippen molar-refractivity contribution in [2.75, 3.05) is 24.5 Å². The summed E-state index contributed by atoms with van der Waals surface area (Å²) in [5.74, 6) is 0.815. The van der Waals surface area contributed by atoms with Gasteiger partial charge >= 0.3 is 0 Å². The van der Waals surface area contributed by atoms with E-state index < -0.39 is 0 Å². The van der Waals surface area contributed by atoms with Crippen molar-refractivity contribution in [2.24, 2.45) is 5.92 Å². The number of nitrogens with zero attached hydrogens (tertiary/aromatic N) is 1. The fourth-order valence-electron chi connectivity index (χ4n) is 2.45. The van der Waals surface area contributed by atoms with Crippen LogP contribution in [-0.4, -0.2) is 19.6 Å². The summed E-state index contributed by atoms with van der Waals surface area (Å²) in [5, 5.41) is 3.49. The second-order valence-electron chi connectivity index (χ2n) is 5.33. The Kier molecular flexibility index (Phi) is 4.43. The maximum Gasteiger partial charge on any atom is 0.0412 e. The van der Waals surface area contributed by atoms with Crippen LogP contribution in [0, 0.1) is 5.92 Å². The van der Waals surface area contributed by atoms with Crippen molar-refractivity contribution in [1.29, 1.82) is 0 Å². The van der Waals surface area contributed by atoms with Crippen LogP contribution in [0.5, 0.6) is 0 Å². The number of anilines is 1. The molecule has 2 rings (SSSR count). The zero-order valence-electron chi connectivity index (χ0n) is 11.1. The van der Waals surface area contributed by atoms with Gasteiger partial charge in [-0.3, -0.25) is 0 Å². The molecule has 1 aromatic rings. The van der Waals surface area contributed by atoms with Gasteiger partial charge in [0, 0.05) is 31.9 Å². The molecule has 0 amide bonds. The third-order valence-corrected chi connectivity index (χ3v) is 3.42. The number of rotatable bonds is 4. The third-order valence-electron chi connectivity index (χ3n) is 3.42. The van der Waals surface area contributed by atoms with Crippen molar-refractivity contribution in [3.05, 3.63) is 29.8 Å². The first kappa shape index (κ1) is 12.4. The molecule has 1 aromatic carbocycles. The summed E-state index contributed by atoms with van der Waals surface area (Å²) in [7, 11) is 0. The molecule has 0 unspecified atom stereocenters. The van der Waals surface area contributed by atoms with E-state index in [2.05, 4.69) is 48.3 Å². The highest BCUT2D eigenvalue weighted by Crippen LogP contribution is 2.22. The Morgan fingerprint density at radius 2 is 2.12 bits per heavy atom. The summed E-state index contributed by atoms with van der Waals surface area (Å²) in [5.41, 5.74) is 2.87. The second kappa shape index (κ2) is 6.06. The first-order chi connectivity index (χ1) is 8.27. The normalized spacial score (nSPS) is 15.8. The first-order valence-corrected chi connectivity index (χ1v) is 6.81.